The molecule has 7 nitrogen and oxygen atoms in total. The van der Waals surface area contributed by atoms with Gasteiger partial charge in [0.05, 0.1) is 14.2 Å². The number of carbonyl (C=O) groups is 3. The summed E-state index contributed by atoms with van der Waals surface area (Å²) in [5.41, 5.74) is 0.0266. The molecule has 4 fully saturated rings. The highest BCUT2D eigenvalue weighted by Crippen LogP contribution is 2.60. The first kappa shape index (κ1) is 20.7. The van der Waals surface area contributed by atoms with E-state index in [0.717, 1.165) is 19.3 Å². The molecule has 7 heteroatoms. The fourth-order valence-corrected chi connectivity index (χ4v) is 6.00. The molecule has 1 aromatic carbocycles. The standard InChI is InChI=1S/C23H29NO6/c1-28-18-6-17(7-19(8-18)29-2)22(27)24-12-21(26)30-13-20(25)23-9-14-3-15(10-23)5-16(4-14)11-23/h6-8,14-16H,3-5,9-13H2,1-2H3,(H,24,27). The van der Waals surface area contributed by atoms with Crippen molar-refractivity contribution in [3.8, 4) is 11.5 Å². The molecule has 0 heterocycles. The molecule has 0 radical (unpaired) electrons. The first-order valence-electron chi connectivity index (χ1n) is 10.6. The van der Waals surface area contributed by atoms with Crippen LogP contribution in [0.5, 0.6) is 11.5 Å². The number of esters is 1. The molecule has 1 aromatic rings. The molecule has 5 rings (SSSR count). The molecule has 0 aliphatic heterocycles. The van der Waals surface area contributed by atoms with Crippen LogP contribution in [-0.4, -0.2) is 45.0 Å². The maximum atomic E-state index is 12.9. The van der Waals surface area contributed by atoms with Gasteiger partial charge in [0.2, 0.25) is 0 Å². The van der Waals surface area contributed by atoms with E-state index < -0.39 is 11.9 Å². The van der Waals surface area contributed by atoms with Gasteiger partial charge in [-0.05, 0) is 68.4 Å². The highest BCUT2D eigenvalue weighted by atomic mass is 16.5. The van der Waals surface area contributed by atoms with Crippen molar-refractivity contribution in [1.29, 1.82) is 0 Å². The lowest BCUT2D eigenvalue weighted by Gasteiger charge is -2.55. The number of hydrogen-bond donors (Lipinski definition) is 1. The molecular formula is C23H29NO6. The Labute approximate surface area is 176 Å². The van der Waals surface area contributed by atoms with E-state index in [4.69, 9.17) is 14.2 Å². The van der Waals surface area contributed by atoms with Crippen LogP contribution >= 0.6 is 0 Å². The van der Waals surface area contributed by atoms with E-state index in [2.05, 4.69) is 5.32 Å². The second-order valence-corrected chi connectivity index (χ2v) is 9.07. The molecule has 0 saturated heterocycles. The predicted molar refractivity (Wildman–Crippen MR) is 108 cm³/mol. The van der Waals surface area contributed by atoms with Crippen LogP contribution in [0.2, 0.25) is 0 Å². The Morgan fingerprint density at radius 3 is 1.97 bits per heavy atom. The van der Waals surface area contributed by atoms with Gasteiger partial charge in [0.25, 0.3) is 5.91 Å². The molecule has 0 atom stereocenters. The Morgan fingerprint density at radius 1 is 0.933 bits per heavy atom. The maximum Gasteiger partial charge on any atom is 0.325 e. The number of ether oxygens (including phenoxy) is 3. The molecule has 4 aliphatic rings. The van der Waals surface area contributed by atoms with Gasteiger partial charge in [-0.3, -0.25) is 14.4 Å². The van der Waals surface area contributed by atoms with Gasteiger partial charge >= 0.3 is 5.97 Å². The van der Waals surface area contributed by atoms with Crippen molar-refractivity contribution >= 4 is 17.7 Å². The summed E-state index contributed by atoms with van der Waals surface area (Å²) in [4.78, 5) is 37.4. The van der Waals surface area contributed by atoms with Crippen LogP contribution in [-0.2, 0) is 14.3 Å². The van der Waals surface area contributed by atoms with Gasteiger partial charge < -0.3 is 19.5 Å². The number of rotatable bonds is 8. The van der Waals surface area contributed by atoms with E-state index in [0.29, 0.717) is 34.8 Å². The molecule has 0 spiro atoms. The first-order chi connectivity index (χ1) is 14.4. The predicted octanol–water partition coefficient (Wildman–Crippen LogP) is 2.76. The highest BCUT2D eigenvalue weighted by Gasteiger charge is 2.54. The van der Waals surface area contributed by atoms with Gasteiger partial charge in [0, 0.05) is 17.0 Å². The first-order valence-corrected chi connectivity index (χ1v) is 10.6. The number of methoxy groups -OCH3 is 2. The zero-order chi connectivity index (χ0) is 21.3. The monoisotopic (exact) mass is 415 g/mol. The van der Waals surface area contributed by atoms with Crippen LogP contribution in [0, 0.1) is 23.2 Å². The Bertz CT molecular complexity index is 791. The number of ketones is 1. The summed E-state index contributed by atoms with van der Waals surface area (Å²) in [6, 6.07) is 4.76. The number of hydrogen-bond acceptors (Lipinski definition) is 6. The molecule has 4 aliphatic carbocycles. The molecule has 4 saturated carbocycles. The SMILES string of the molecule is COc1cc(OC)cc(C(=O)NCC(=O)OCC(=O)C23CC4CC(CC(C4)C2)C3)c1. The lowest BCUT2D eigenvalue weighted by Crippen LogP contribution is -2.51. The van der Waals surface area contributed by atoms with E-state index in [1.807, 2.05) is 0 Å². The smallest absolute Gasteiger partial charge is 0.325 e. The van der Waals surface area contributed by atoms with Crippen LogP contribution < -0.4 is 14.8 Å². The topological polar surface area (TPSA) is 90.9 Å². The number of Topliss-reactive ketones (excluding diaryl/α,β-unsaturated/α-hetero) is 1. The summed E-state index contributed by atoms with van der Waals surface area (Å²) in [7, 11) is 2.99. The van der Waals surface area contributed by atoms with Gasteiger partial charge in [-0.25, -0.2) is 0 Å². The molecule has 162 valence electrons. The van der Waals surface area contributed by atoms with Crippen molar-refractivity contribution in [3.05, 3.63) is 23.8 Å². The van der Waals surface area contributed by atoms with Crippen molar-refractivity contribution in [2.24, 2.45) is 23.2 Å². The van der Waals surface area contributed by atoms with Gasteiger partial charge in [0.1, 0.15) is 18.0 Å². The molecule has 1 N–H and O–H groups in total. The van der Waals surface area contributed by atoms with E-state index in [9.17, 15) is 14.4 Å². The molecular weight excluding hydrogens is 386 g/mol. The average Bonchev–Trinajstić information content (AvgIpc) is 2.74. The molecule has 1 amide bonds. The number of nitrogens with one attached hydrogen (secondary N) is 1. The van der Waals surface area contributed by atoms with E-state index in [-0.39, 0.29) is 24.3 Å². The van der Waals surface area contributed by atoms with Crippen LogP contribution in [0.15, 0.2) is 18.2 Å². The molecule has 4 bridgehead atoms. The Hall–Kier alpha value is -2.57. The minimum atomic E-state index is -0.615. The lowest BCUT2D eigenvalue weighted by molar-refractivity contribution is -0.157. The Morgan fingerprint density at radius 2 is 1.47 bits per heavy atom. The summed E-state index contributed by atoms with van der Waals surface area (Å²) in [5, 5.41) is 2.52. The molecule has 0 unspecified atom stereocenters. The molecule has 0 aromatic heterocycles. The van der Waals surface area contributed by atoms with Crippen LogP contribution in [0.1, 0.15) is 48.9 Å². The summed E-state index contributed by atoms with van der Waals surface area (Å²) < 4.78 is 15.5. The third-order valence-corrected chi connectivity index (χ3v) is 7.00. The van der Waals surface area contributed by atoms with Crippen LogP contribution in [0.4, 0.5) is 0 Å². The number of carbonyl (C=O) groups excluding carboxylic acids is 3. The summed E-state index contributed by atoms with van der Waals surface area (Å²) in [5.74, 6) is 1.93. The van der Waals surface area contributed by atoms with Crippen molar-refractivity contribution in [2.75, 3.05) is 27.4 Å². The van der Waals surface area contributed by atoms with Crippen LogP contribution in [0.25, 0.3) is 0 Å². The minimum absolute atomic E-state index is 0.0545. The maximum absolute atomic E-state index is 12.9. The second-order valence-electron chi connectivity index (χ2n) is 9.07. The van der Waals surface area contributed by atoms with Crippen molar-refractivity contribution < 1.29 is 28.6 Å². The van der Waals surface area contributed by atoms with Gasteiger partial charge in [-0.1, -0.05) is 0 Å². The molecule has 30 heavy (non-hydrogen) atoms. The lowest BCUT2D eigenvalue weighted by atomic mass is 9.48. The average molecular weight is 415 g/mol. The van der Waals surface area contributed by atoms with Gasteiger partial charge in [0.15, 0.2) is 12.4 Å². The fourth-order valence-electron chi connectivity index (χ4n) is 6.00. The third kappa shape index (κ3) is 4.16. The van der Waals surface area contributed by atoms with E-state index in [1.165, 1.54) is 33.5 Å². The Kier molecular flexibility index (Phi) is 5.71. The van der Waals surface area contributed by atoms with Crippen molar-refractivity contribution in [2.45, 2.75) is 38.5 Å². The zero-order valence-electron chi connectivity index (χ0n) is 17.6. The van der Waals surface area contributed by atoms with Crippen molar-refractivity contribution in [3.63, 3.8) is 0 Å². The quantitative estimate of drug-likeness (QED) is 0.657. The Balaban J connectivity index is 1.27. The summed E-state index contributed by atoms with van der Waals surface area (Å²) >= 11 is 0. The minimum Gasteiger partial charge on any atom is -0.497 e. The van der Waals surface area contributed by atoms with Crippen molar-refractivity contribution in [1.82, 2.24) is 5.32 Å². The normalized spacial score (nSPS) is 28.7. The number of amides is 1. The van der Waals surface area contributed by atoms with Crippen LogP contribution in [0.3, 0.4) is 0 Å². The largest absolute Gasteiger partial charge is 0.497 e. The summed E-state index contributed by atoms with van der Waals surface area (Å²) in [6.07, 6.45) is 6.62. The summed E-state index contributed by atoms with van der Waals surface area (Å²) in [6.45, 7) is -0.500. The highest BCUT2D eigenvalue weighted by molar-refractivity contribution is 5.97. The van der Waals surface area contributed by atoms with E-state index >= 15 is 0 Å². The zero-order valence-corrected chi connectivity index (χ0v) is 17.6. The van der Waals surface area contributed by atoms with Gasteiger partial charge in [-0.2, -0.15) is 0 Å². The van der Waals surface area contributed by atoms with E-state index in [1.54, 1.807) is 18.2 Å². The third-order valence-electron chi connectivity index (χ3n) is 7.00. The second kappa shape index (κ2) is 8.28. The fraction of sp³-hybridized carbons (Fsp3) is 0.609. The van der Waals surface area contributed by atoms with Gasteiger partial charge in [-0.15, -0.1) is 0 Å². The number of benzene rings is 1.